The van der Waals surface area contributed by atoms with Crippen molar-refractivity contribution in [2.45, 2.75) is 19.8 Å². The zero-order valence-corrected chi connectivity index (χ0v) is 15.8. The van der Waals surface area contributed by atoms with Gasteiger partial charge in [0.15, 0.2) is 6.61 Å². The first-order chi connectivity index (χ1) is 12.5. The van der Waals surface area contributed by atoms with Gasteiger partial charge in [-0.05, 0) is 38.9 Å². The lowest BCUT2D eigenvalue weighted by molar-refractivity contribution is -0.142. The SMILES string of the molecule is Cc1ccc(OCC(=O)N2CCC(C(=O)N3CCN(C)CC3)CC2)cc1. The Balaban J connectivity index is 1.42. The number of ether oxygens (including phenoxy) is 1. The number of piperazine rings is 1. The summed E-state index contributed by atoms with van der Waals surface area (Å²) in [7, 11) is 2.09. The van der Waals surface area contributed by atoms with Gasteiger partial charge in [0.05, 0.1) is 0 Å². The molecule has 0 bridgehead atoms. The molecule has 0 aliphatic carbocycles. The summed E-state index contributed by atoms with van der Waals surface area (Å²) in [5, 5.41) is 0. The summed E-state index contributed by atoms with van der Waals surface area (Å²) in [6.07, 6.45) is 1.50. The molecule has 0 radical (unpaired) electrons. The topological polar surface area (TPSA) is 53.1 Å². The molecule has 2 amide bonds. The number of carbonyl (C=O) groups excluding carboxylic acids is 2. The molecule has 0 saturated carbocycles. The Morgan fingerprint density at radius 1 is 0.962 bits per heavy atom. The van der Waals surface area contributed by atoms with Crippen LogP contribution in [0.2, 0.25) is 0 Å². The normalized spacial score (nSPS) is 19.5. The Bertz CT molecular complexity index is 616. The van der Waals surface area contributed by atoms with Crippen molar-refractivity contribution in [3.05, 3.63) is 29.8 Å². The van der Waals surface area contributed by atoms with E-state index in [-0.39, 0.29) is 24.3 Å². The van der Waals surface area contributed by atoms with Crippen LogP contribution in [0.15, 0.2) is 24.3 Å². The summed E-state index contributed by atoms with van der Waals surface area (Å²) in [4.78, 5) is 31.1. The van der Waals surface area contributed by atoms with Gasteiger partial charge in [-0.15, -0.1) is 0 Å². The van der Waals surface area contributed by atoms with E-state index in [9.17, 15) is 9.59 Å². The molecule has 0 atom stereocenters. The summed E-state index contributed by atoms with van der Waals surface area (Å²) < 4.78 is 5.58. The quantitative estimate of drug-likeness (QED) is 0.815. The Kier molecular flexibility index (Phi) is 6.14. The van der Waals surface area contributed by atoms with Crippen LogP contribution in [-0.4, -0.2) is 79.4 Å². The highest BCUT2D eigenvalue weighted by molar-refractivity contribution is 5.80. The number of rotatable bonds is 4. The molecule has 6 nitrogen and oxygen atoms in total. The number of aryl methyl sites for hydroxylation is 1. The predicted molar refractivity (Wildman–Crippen MR) is 100 cm³/mol. The zero-order chi connectivity index (χ0) is 18.5. The fourth-order valence-corrected chi connectivity index (χ4v) is 3.53. The van der Waals surface area contributed by atoms with Gasteiger partial charge in [0.25, 0.3) is 5.91 Å². The van der Waals surface area contributed by atoms with Crippen LogP contribution >= 0.6 is 0 Å². The Labute approximate surface area is 155 Å². The first-order valence-electron chi connectivity index (χ1n) is 9.47. The fraction of sp³-hybridized carbons (Fsp3) is 0.600. The first kappa shape index (κ1) is 18.7. The second-order valence-electron chi connectivity index (χ2n) is 7.39. The molecule has 2 heterocycles. The summed E-state index contributed by atoms with van der Waals surface area (Å²) in [6.45, 7) is 6.87. The standard InChI is InChI=1S/C20H29N3O3/c1-16-3-5-18(6-4-16)26-15-19(24)22-9-7-17(8-10-22)20(25)23-13-11-21(2)12-14-23/h3-6,17H,7-15H2,1-2H3. The van der Waals surface area contributed by atoms with Gasteiger partial charge in [-0.25, -0.2) is 0 Å². The van der Waals surface area contributed by atoms with Crippen molar-refractivity contribution >= 4 is 11.8 Å². The minimum Gasteiger partial charge on any atom is -0.484 e. The number of carbonyl (C=O) groups is 2. The van der Waals surface area contributed by atoms with E-state index in [1.165, 1.54) is 0 Å². The summed E-state index contributed by atoms with van der Waals surface area (Å²) in [5.41, 5.74) is 1.16. The third-order valence-corrected chi connectivity index (χ3v) is 5.40. The van der Waals surface area contributed by atoms with Crippen LogP contribution in [0.5, 0.6) is 5.75 Å². The van der Waals surface area contributed by atoms with E-state index in [2.05, 4.69) is 11.9 Å². The maximum Gasteiger partial charge on any atom is 0.260 e. The van der Waals surface area contributed by atoms with Crippen LogP contribution in [0.4, 0.5) is 0 Å². The molecule has 1 aromatic carbocycles. The molecule has 142 valence electrons. The van der Waals surface area contributed by atoms with Crippen molar-refractivity contribution in [3.8, 4) is 5.75 Å². The van der Waals surface area contributed by atoms with E-state index in [1.807, 2.05) is 41.0 Å². The maximum absolute atomic E-state index is 12.7. The number of likely N-dealkylation sites (N-methyl/N-ethyl adjacent to an activating group) is 1. The van der Waals surface area contributed by atoms with E-state index < -0.39 is 0 Å². The van der Waals surface area contributed by atoms with Crippen molar-refractivity contribution < 1.29 is 14.3 Å². The highest BCUT2D eigenvalue weighted by Crippen LogP contribution is 2.21. The summed E-state index contributed by atoms with van der Waals surface area (Å²) >= 11 is 0. The second kappa shape index (κ2) is 8.54. The van der Waals surface area contributed by atoms with Gasteiger partial charge < -0.3 is 19.4 Å². The number of hydrogen-bond acceptors (Lipinski definition) is 4. The van der Waals surface area contributed by atoms with Gasteiger partial charge >= 0.3 is 0 Å². The molecule has 0 aromatic heterocycles. The zero-order valence-electron chi connectivity index (χ0n) is 15.8. The largest absolute Gasteiger partial charge is 0.484 e. The van der Waals surface area contributed by atoms with E-state index in [1.54, 1.807) is 0 Å². The third kappa shape index (κ3) is 4.75. The van der Waals surface area contributed by atoms with E-state index in [4.69, 9.17) is 4.74 Å². The van der Waals surface area contributed by atoms with Crippen LogP contribution in [0.25, 0.3) is 0 Å². The molecule has 2 saturated heterocycles. The number of benzene rings is 1. The average Bonchev–Trinajstić information content (AvgIpc) is 2.67. The monoisotopic (exact) mass is 359 g/mol. The minimum atomic E-state index is -0.00364. The number of hydrogen-bond donors (Lipinski definition) is 0. The molecule has 2 fully saturated rings. The van der Waals surface area contributed by atoms with E-state index in [0.717, 1.165) is 44.6 Å². The fourth-order valence-electron chi connectivity index (χ4n) is 3.53. The number of amides is 2. The predicted octanol–water partition coefficient (Wildman–Crippen LogP) is 1.39. The van der Waals surface area contributed by atoms with Gasteiger partial charge in [-0.1, -0.05) is 17.7 Å². The van der Waals surface area contributed by atoms with Crippen molar-refractivity contribution in [1.29, 1.82) is 0 Å². The van der Waals surface area contributed by atoms with Crippen molar-refractivity contribution in [2.75, 3.05) is 52.9 Å². The Morgan fingerprint density at radius 2 is 1.58 bits per heavy atom. The lowest BCUT2D eigenvalue weighted by atomic mass is 9.95. The molecule has 2 aliphatic rings. The summed E-state index contributed by atoms with van der Waals surface area (Å²) in [5.74, 6) is 1.03. The molecular weight excluding hydrogens is 330 g/mol. The molecule has 0 N–H and O–H groups in total. The summed E-state index contributed by atoms with van der Waals surface area (Å²) in [6, 6.07) is 7.69. The van der Waals surface area contributed by atoms with Crippen molar-refractivity contribution in [2.24, 2.45) is 5.92 Å². The van der Waals surface area contributed by atoms with Gasteiger partial charge in [0.1, 0.15) is 5.75 Å². The van der Waals surface area contributed by atoms with Gasteiger partial charge in [-0.3, -0.25) is 9.59 Å². The Hall–Kier alpha value is -2.08. The number of nitrogens with zero attached hydrogens (tertiary/aromatic N) is 3. The van der Waals surface area contributed by atoms with Crippen LogP contribution in [-0.2, 0) is 9.59 Å². The van der Waals surface area contributed by atoms with Gasteiger partial charge in [0.2, 0.25) is 5.91 Å². The third-order valence-electron chi connectivity index (χ3n) is 5.40. The lowest BCUT2D eigenvalue weighted by Crippen LogP contribution is -2.51. The van der Waals surface area contributed by atoms with Crippen LogP contribution in [0, 0.1) is 12.8 Å². The second-order valence-corrected chi connectivity index (χ2v) is 7.39. The highest BCUT2D eigenvalue weighted by atomic mass is 16.5. The van der Waals surface area contributed by atoms with Crippen molar-refractivity contribution in [1.82, 2.24) is 14.7 Å². The molecule has 2 aliphatic heterocycles. The van der Waals surface area contributed by atoms with Gasteiger partial charge in [0, 0.05) is 45.2 Å². The van der Waals surface area contributed by atoms with Crippen LogP contribution < -0.4 is 4.74 Å². The highest BCUT2D eigenvalue weighted by Gasteiger charge is 2.31. The Morgan fingerprint density at radius 3 is 2.19 bits per heavy atom. The average molecular weight is 359 g/mol. The lowest BCUT2D eigenvalue weighted by Gasteiger charge is -2.37. The van der Waals surface area contributed by atoms with Crippen LogP contribution in [0.3, 0.4) is 0 Å². The molecule has 0 unspecified atom stereocenters. The molecule has 6 heteroatoms. The number of likely N-dealkylation sites (tertiary alicyclic amines) is 1. The maximum atomic E-state index is 12.7. The van der Waals surface area contributed by atoms with E-state index >= 15 is 0 Å². The molecule has 1 aromatic rings. The smallest absolute Gasteiger partial charge is 0.260 e. The minimum absolute atomic E-state index is 0.00364. The van der Waals surface area contributed by atoms with Crippen molar-refractivity contribution in [3.63, 3.8) is 0 Å². The molecular formula is C20H29N3O3. The van der Waals surface area contributed by atoms with Crippen LogP contribution in [0.1, 0.15) is 18.4 Å². The molecule has 3 rings (SSSR count). The number of piperidine rings is 1. The molecule has 0 spiro atoms. The molecule has 26 heavy (non-hydrogen) atoms. The first-order valence-corrected chi connectivity index (χ1v) is 9.47. The van der Waals surface area contributed by atoms with Gasteiger partial charge in [-0.2, -0.15) is 0 Å². The van der Waals surface area contributed by atoms with E-state index in [0.29, 0.717) is 18.8 Å².